The maximum absolute atomic E-state index is 12.3. The van der Waals surface area contributed by atoms with Crippen molar-refractivity contribution in [3.63, 3.8) is 0 Å². The van der Waals surface area contributed by atoms with Gasteiger partial charge in [-0.3, -0.25) is 13.9 Å². The molecule has 198 valence electrons. The summed E-state index contributed by atoms with van der Waals surface area (Å²) in [7, 11) is -10.9. The molecule has 0 spiro atoms. The standard InChI is InChI=1S/C18H31Cl2N3O8P2.ClH/c1-14(22-15-4-6-16(7-5-15)23(12-9-19)13-10-20)17(24)21-11-3-2-8-18(25,32(26,27)28)33(29,30)31;/h4-7,14,22,25H,2-3,8-13H2,1H3,(H,21,24)(H2,26,27,28)(H2,29,30,31);1H/t14-;/m0./s1. The van der Waals surface area contributed by atoms with Crippen molar-refractivity contribution >= 4 is 68.1 Å². The van der Waals surface area contributed by atoms with E-state index in [4.69, 9.17) is 42.8 Å². The van der Waals surface area contributed by atoms with Crippen molar-refractivity contribution < 1.29 is 38.6 Å². The van der Waals surface area contributed by atoms with E-state index >= 15 is 0 Å². The molecule has 11 nitrogen and oxygen atoms in total. The van der Waals surface area contributed by atoms with E-state index in [1.165, 1.54) is 0 Å². The van der Waals surface area contributed by atoms with Gasteiger partial charge >= 0.3 is 15.2 Å². The van der Waals surface area contributed by atoms with E-state index in [-0.39, 0.29) is 37.7 Å². The molecule has 0 saturated carbocycles. The molecule has 1 rings (SSSR count). The van der Waals surface area contributed by atoms with Gasteiger partial charge in [-0.1, -0.05) is 0 Å². The van der Waals surface area contributed by atoms with Crippen molar-refractivity contribution in [1.82, 2.24) is 5.32 Å². The van der Waals surface area contributed by atoms with E-state index in [0.717, 1.165) is 5.69 Å². The monoisotopic (exact) mass is 585 g/mol. The SMILES string of the molecule is C[C@H](Nc1ccc(N(CCCl)CCCl)cc1)C(=O)NCCCCC(O)(P(=O)(O)O)P(=O)(O)O.Cl. The van der Waals surface area contributed by atoms with Gasteiger partial charge in [-0.25, -0.2) is 0 Å². The Balaban J connectivity index is 0.0000109. The molecule has 0 radical (unpaired) electrons. The van der Waals surface area contributed by atoms with Gasteiger partial charge in [0, 0.05) is 42.8 Å². The number of amides is 1. The van der Waals surface area contributed by atoms with Gasteiger partial charge in [0.25, 0.3) is 5.08 Å². The molecule has 1 atom stereocenters. The van der Waals surface area contributed by atoms with Gasteiger partial charge in [0.2, 0.25) is 5.91 Å². The average molecular weight is 587 g/mol. The van der Waals surface area contributed by atoms with Gasteiger partial charge in [-0.15, -0.1) is 35.6 Å². The molecule has 0 bridgehead atoms. The number of hydrogen-bond acceptors (Lipinski definition) is 6. The molecular formula is C18H32Cl3N3O8P2. The first-order valence-corrected chi connectivity index (χ1v) is 14.4. The second-order valence-corrected chi connectivity index (χ2v) is 12.2. The lowest BCUT2D eigenvalue weighted by molar-refractivity contribution is -0.121. The molecule has 1 aromatic carbocycles. The zero-order valence-electron chi connectivity index (χ0n) is 18.5. The Bertz CT molecular complexity index is 825. The number of nitrogens with one attached hydrogen (secondary N) is 2. The predicted octanol–water partition coefficient (Wildman–Crippen LogP) is 2.48. The molecule has 0 unspecified atom stereocenters. The molecule has 7 N–H and O–H groups in total. The van der Waals surface area contributed by atoms with Crippen LogP contribution in [0, 0.1) is 0 Å². The molecule has 16 heteroatoms. The summed E-state index contributed by atoms with van der Waals surface area (Å²) in [5.41, 5.74) is 1.66. The van der Waals surface area contributed by atoms with Crippen LogP contribution in [0.25, 0.3) is 0 Å². The first-order valence-electron chi connectivity index (χ1n) is 10.1. The molecule has 0 aromatic heterocycles. The summed E-state index contributed by atoms with van der Waals surface area (Å²) >= 11 is 11.6. The summed E-state index contributed by atoms with van der Waals surface area (Å²) in [4.78, 5) is 50.7. The summed E-state index contributed by atoms with van der Waals surface area (Å²) < 4.78 is 22.6. The van der Waals surface area contributed by atoms with Crippen molar-refractivity contribution in [2.45, 2.75) is 37.3 Å². The topological polar surface area (TPSA) is 180 Å². The highest BCUT2D eigenvalue weighted by atomic mass is 35.5. The molecule has 0 aliphatic carbocycles. The normalized spacial score (nSPS) is 13.1. The third kappa shape index (κ3) is 9.82. The lowest BCUT2D eigenvalue weighted by atomic mass is 10.2. The highest BCUT2D eigenvalue weighted by molar-refractivity contribution is 7.72. The van der Waals surface area contributed by atoms with E-state index in [1.807, 2.05) is 29.2 Å². The molecule has 1 aromatic rings. The number of aliphatic hydroxyl groups is 1. The van der Waals surface area contributed by atoms with Crippen molar-refractivity contribution in [1.29, 1.82) is 0 Å². The number of anilines is 2. The minimum Gasteiger partial charge on any atom is -0.374 e. The van der Waals surface area contributed by atoms with Crippen LogP contribution in [0.1, 0.15) is 26.2 Å². The van der Waals surface area contributed by atoms with Gasteiger partial charge in [0.05, 0.1) is 0 Å². The average Bonchev–Trinajstić information content (AvgIpc) is 2.72. The third-order valence-corrected chi connectivity index (χ3v) is 9.10. The van der Waals surface area contributed by atoms with Crippen LogP contribution in [0.2, 0.25) is 0 Å². The van der Waals surface area contributed by atoms with Crippen LogP contribution in [0.3, 0.4) is 0 Å². The van der Waals surface area contributed by atoms with Gasteiger partial charge in [-0.2, -0.15) is 0 Å². The quantitative estimate of drug-likeness (QED) is 0.0917. The van der Waals surface area contributed by atoms with Gasteiger partial charge in [-0.05, 0) is 50.5 Å². The zero-order valence-corrected chi connectivity index (χ0v) is 22.6. The molecular weight excluding hydrogens is 555 g/mol. The number of carbonyl (C=O) groups excluding carboxylic acids is 1. The first kappa shape index (κ1) is 33.4. The van der Waals surface area contributed by atoms with Crippen LogP contribution in [-0.4, -0.2) is 73.1 Å². The van der Waals surface area contributed by atoms with Gasteiger partial charge < -0.3 is 40.2 Å². The summed E-state index contributed by atoms with van der Waals surface area (Å²) in [6.07, 6.45) is -0.800. The number of alkyl halides is 2. The summed E-state index contributed by atoms with van der Waals surface area (Å²) in [6.45, 7) is 3.05. The fraction of sp³-hybridized carbons (Fsp3) is 0.611. The van der Waals surface area contributed by atoms with Crippen LogP contribution >= 0.6 is 50.8 Å². The molecule has 0 aliphatic heterocycles. The minimum absolute atomic E-state index is 0. The Morgan fingerprint density at radius 3 is 1.97 bits per heavy atom. The Morgan fingerprint density at radius 2 is 1.53 bits per heavy atom. The Morgan fingerprint density at radius 1 is 1.03 bits per heavy atom. The summed E-state index contributed by atoms with van der Waals surface area (Å²) in [6, 6.07) is 6.81. The lowest BCUT2D eigenvalue weighted by Crippen LogP contribution is -2.38. The molecule has 0 saturated heterocycles. The number of hydrogen-bond donors (Lipinski definition) is 7. The molecule has 0 fully saturated rings. The van der Waals surface area contributed by atoms with Crippen molar-refractivity contribution in [3.8, 4) is 0 Å². The lowest BCUT2D eigenvalue weighted by Gasteiger charge is -2.29. The van der Waals surface area contributed by atoms with Crippen LogP contribution in [0.15, 0.2) is 24.3 Å². The van der Waals surface area contributed by atoms with Crippen LogP contribution in [0.5, 0.6) is 0 Å². The van der Waals surface area contributed by atoms with E-state index in [0.29, 0.717) is 30.5 Å². The van der Waals surface area contributed by atoms with E-state index < -0.39 is 32.7 Å². The Kier molecular flexibility index (Phi) is 14.6. The summed E-state index contributed by atoms with van der Waals surface area (Å²) in [5, 5.41) is 12.1. The fourth-order valence-corrected chi connectivity index (χ4v) is 5.64. The molecule has 34 heavy (non-hydrogen) atoms. The minimum atomic E-state index is -5.47. The molecule has 1 amide bonds. The highest BCUT2D eigenvalue weighted by Crippen LogP contribution is 2.69. The third-order valence-electron chi connectivity index (χ3n) is 4.89. The number of benzene rings is 1. The van der Waals surface area contributed by atoms with E-state index in [9.17, 15) is 19.0 Å². The Hall–Kier alpha value is -0.580. The first-order chi connectivity index (χ1) is 15.3. The van der Waals surface area contributed by atoms with Crippen LogP contribution in [-0.2, 0) is 13.9 Å². The van der Waals surface area contributed by atoms with E-state index in [2.05, 4.69) is 10.6 Å². The van der Waals surface area contributed by atoms with Crippen molar-refractivity contribution in [2.24, 2.45) is 0 Å². The molecule has 0 aliphatic rings. The number of halogens is 3. The van der Waals surface area contributed by atoms with Crippen LogP contribution in [0.4, 0.5) is 11.4 Å². The van der Waals surface area contributed by atoms with E-state index in [1.54, 1.807) is 6.92 Å². The largest absolute Gasteiger partial charge is 0.374 e. The number of unbranched alkanes of at least 4 members (excludes halogenated alkanes) is 1. The fourth-order valence-electron chi connectivity index (χ4n) is 2.97. The predicted molar refractivity (Wildman–Crippen MR) is 136 cm³/mol. The number of rotatable bonds is 15. The van der Waals surface area contributed by atoms with Crippen LogP contribution < -0.4 is 15.5 Å². The smallest absolute Gasteiger partial charge is 0.369 e. The second kappa shape index (κ2) is 14.9. The maximum Gasteiger partial charge on any atom is 0.369 e. The van der Waals surface area contributed by atoms with Gasteiger partial charge in [0.1, 0.15) is 6.04 Å². The number of carbonyl (C=O) groups is 1. The van der Waals surface area contributed by atoms with Crippen molar-refractivity contribution in [2.75, 3.05) is 41.6 Å². The highest BCUT2D eigenvalue weighted by Gasteiger charge is 2.58. The second-order valence-electron chi connectivity index (χ2n) is 7.39. The molecule has 0 heterocycles. The zero-order chi connectivity index (χ0) is 25.3. The Labute approximate surface area is 214 Å². The van der Waals surface area contributed by atoms with Gasteiger partial charge in [0.15, 0.2) is 0 Å². The summed E-state index contributed by atoms with van der Waals surface area (Å²) in [5.74, 6) is 0.586. The number of nitrogens with zero attached hydrogens (tertiary/aromatic N) is 1. The van der Waals surface area contributed by atoms with Crippen molar-refractivity contribution in [3.05, 3.63) is 24.3 Å². The maximum atomic E-state index is 12.3.